The molecule has 0 radical (unpaired) electrons. The van der Waals surface area contributed by atoms with Crippen molar-refractivity contribution in [3.05, 3.63) is 52.7 Å². The van der Waals surface area contributed by atoms with Gasteiger partial charge >= 0.3 is 0 Å². The normalized spacial score (nSPS) is 10.3. The second-order valence-electron chi connectivity index (χ2n) is 4.08. The van der Waals surface area contributed by atoms with Crippen molar-refractivity contribution >= 4 is 23.2 Å². The highest BCUT2D eigenvalue weighted by Crippen LogP contribution is 2.16. The second-order valence-corrected chi connectivity index (χ2v) is 4.80. The summed E-state index contributed by atoms with van der Waals surface area (Å²) in [5, 5.41) is 10.7. The van der Waals surface area contributed by atoms with Crippen molar-refractivity contribution in [3.8, 4) is 5.75 Å². The van der Waals surface area contributed by atoms with E-state index in [9.17, 15) is 4.79 Å². The van der Waals surface area contributed by atoms with Crippen LogP contribution in [0.3, 0.4) is 0 Å². The number of aromatic amines is 1. The summed E-state index contributed by atoms with van der Waals surface area (Å²) in [6, 6.07) is 6.91. The van der Waals surface area contributed by atoms with Gasteiger partial charge in [-0.15, -0.1) is 11.3 Å². The van der Waals surface area contributed by atoms with Crippen LogP contribution in [-0.4, -0.2) is 26.1 Å². The average molecular weight is 301 g/mol. The van der Waals surface area contributed by atoms with Crippen LogP contribution in [0.4, 0.5) is 5.95 Å². The molecule has 3 rings (SSSR count). The maximum atomic E-state index is 12.0. The van der Waals surface area contributed by atoms with Gasteiger partial charge in [0.25, 0.3) is 5.91 Å². The predicted molar refractivity (Wildman–Crippen MR) is 77.2 cm³/mol. The van der Waals surface area contributed by atoms with Crippen LogP contribution in [-0.2, 0) is 6.61 Å². The van der Waals surface area contributed by atoms with E-state index in [0.29, 0.717) is 23.9 Å². The number of carbonyl (C=O) groups is 1. The molecule has 0 bridgehead atoms. The van der Waals surface area contributed by atoms with Crippen molar-refractivity contribution in [2.45, 2.75) is 6.61 Å². The third kappa shape index (κ3) is 3.42. The van der Waals surface area contributed by atoms with Crippen molar-refractivity contribution in [2.75, 3.05) is 5.32 Å². The van der Waals surface area contributed by atoms with E-state index in [1.54, 1.807) is 29.8 Å². The molecular weight excluding hydrogens is 290 g/mol. The molecule has 2 aromatic heterocycles. The van der Waals surface area contributed by atoms with Gasteiger partial charge in [-0.05, 0) is 18.2 Å². The number of H-pyrrole nitrogens is 1. The molecule has 2 N–H and O–H groups in total. The summed E-state index contributed by atoms with van der Waals surface area (Å²) >= 11 is 1.51. The van der Waals surface area contributed by atoms with Crippen molar-refractivity contribution in [1.82, 2.24) is 20.2 Å². The van der Waals surface area contributed by atoms with Gasteiger partial charge in [0.05, 0.1) is 11.2 Å². The fourth-order valence-electron chi connectivity index (χ4n) is 1.64. The average Bonchev–Trinajstić information content (AvgIpc) is 3.19. The number of amides is 1. The van der Waals surface area contributed by atoms with Crippen molar-refractivity contribution in [1.29, 1.82) is 0 Å². The Balaban J connectivity index is 1.66. The number of nitrogens with one attached hydrogen (secondary N) is 2. The Morgan fingerprint density at radius 1 is 1.38 bits per heavy atom. The van der Waals surface area contributed by atoms with Gasteiger partial charge < -0.3 is 4.74 Å². The van der Waals surface area contributed by atoms with Crippen LogP contribution in [0.15, 0.2) is 41.5 Å². The van der Waals surface area contributed by atoms with Crippen LogP contribution in [0, 0.1) is 0 Å². The smallest absolute Gasteiger partial charge is 0.258 e. The SMILES string of the molecule is O=C(Nc1ncn[nH]1)c1cccc(OCc2cscn2)c1. The zero-order valence-electron chi connectivity index (χ0n) is 10.8. The molecular formula is C13H11N5O2S. The van der Waals surface area contributed by atoms with E-state index in [1.807, 2.05) is 5.38 Å². The lowest BCUT2D eigenvalue weighted by molar-refractivity contribution is 0.102. The fourth-order valence-corrected chi connectivity index (χ4v) is 2.18. The molecule has 0 atom stereocenters. The highest BCUT2D eigenvalue weighted by molar-refractivity contribution is 7.07. The lowest BCUT2D eigenvalue weighted by Crippen LogP contribution is -2.13. The second kappa shape index (κ2) is 6.14. The molecule has 21 heavy (non-hydrogen) atoms. The van der Waals surface area contributed by atoms with Crippen molar-refractivity contribution < 1.29 is 9.53 Å². The maximum absolute atomic E-state index is 12.0. The molecule has 7 nitrogen and oxygen atoms in total. The lowest BCUT2D eigenvalue weighted by Gasteiger charge is -2.06. The Labute approximate surface area is 124 Å². The summed E-state index contributed by atoms with van der Waals surface area (Å²) in [4.78, 5) is 20.0. The largest absolute Gasteiger partial charge is 0.487 e. The number of rotatable bonds is 5. The van der Waals surface area contributed by atoms with Gasteiger partial charge in [-0.3, -0.25) is 10.1 Å². The van der Waals surface area contributed by atoms with Crippen molar-refractivity contribution in [3.63, 3.8) is 0 Å². The number of ether oxygens (including phenoxy) is 1. The molecule has 0 aliphatic rings. The number of anilines is 1. The van der Waals surface area contributed by atoms with E-state index in [2.05, 4.69) is 25.5 Å². The standard InChI is InChI=1S/C13H11N5O2S/c19-12(17-13-14-7-16-18-13)9-2-1-3-11(4-9)20-5-10-6-21-8-15-10/h1-4,6-8H,5H2,(H2,14,16,17,18,19). The van der Waals surface area contributed by atoms with Crippen LogP contribution in [0.25, 0.3) is 0 Å². The van der Waals surface area contributed by atoms with Crippen LogP contribution in [0.1, 0.15) is 16.1 Å². The Bertz CT molecular complexity index is 712. The number of hydrogen-bond acceptors (Lipinski definition) is 6. The van der Waals surface area contributed by atoms with E-state index < -0.39 is 0 Å². The van der Waals surface area contributed by atoms with Gasteiger partial charge in [-0.2, -0.15) is 10.1 Å². The summed E-state index contributed by atoms with van der Waals surface area (Å²) in [6.07, 6.45) is 1.32. The van der Waals surface area contributed by atoms with Crippen LogP contribution in [0.5, 0.6) is 5.75 Å². The van der Waals surface area contributed by atoms with E-state index in [4.69, 9.17) is 4.74 Å². The van der Waals surface area contributed by atoms with E-state index >= 15 is 0 Å². The maximum Gasteiger partial charge on any atom is 0.258 e. The monoisotopic (exact) mass is 301 g/mol. The highest BCUT2D eigenvalue weighted by atomic mass is 32.1. The Morgan fingerprint density at radius 3 is 3.10 bits per heavy atom. The Hall–Kier alpha value is -2.74. The van der Waals surface area contributed by atoms with Gasteiger partial charge in [0, 0.05) is 10.9 Å². The van der Waals surface area contributed by atoms with E-state index in [-0.39, 0.29) is 5.91 Å². The van der Waals surface area contributed by atoms with E-state index in [1.165, 1.54) is 17.7 Å². The van der Waals surface area contributed by atoms with Crippen molar-refractivity contribution in [2.24, 2.45) is 0 Å². The number of thiazole rings is 1. The number of hydrogen-bond donors (Lipinski definition) is 2. The third-order valence-electron chi connectivity index (χ3n) is 2.61. The zero-order valence-corrected chi connectivity index (χ0v) is 11.6. The van der Waals surface area contributed by atoms with Crippen LogP contribution in [0.2, 0.25) is 0 Å². The van der Waals surface area contributed by atoms with Crippen LogP contribution >= 0.6 is 11.3 Å². The molecule has 0 spiro atoms. The Kier molecular flexibility index (Phi) is 3.88. The first-order valence-electron chi connectivity index (χ1n) is 6.08. The van der Waals surface area contributed by atoms with Gasteiger partial charge in [0.1, 0.15) is 18.7 Å². The molecule has 0 unspecified atom stereocenters. The summed E-state index contributed by atoms with van der Waals surface area (Å²) < 4.78 is 5.60. The molecule has 0 saturated carbocycles. The lowest BCUT2D eigenvalue weighted by atomic mass is 10.2. The molecule has 3 aromatic rings. The molecule has 1 aromatic carbocycles. The van der Waals surface area contributed by atoms with Gasteiger partial charge in [0.2, 0.25) is 5.95 Å². The molecule has 0 aliphatic heterocycles. The third-order valence-corrected chi connectivity index (χ3v) is 3.25. The zero-order chi connectivity index (χ0) is 14.5. The molecule has 1 amide bonds. The summed E-state index contributed by atoms with van der Waals surface area (Å²) in [7, 11) is 0. The summed E-state index contributed by atoms with van der Waals surface area (Å²) in [6.45, 7) is 0.372. The molecule has 0 saturated heterocycles. The number of aromatic nitrogens is 4. The minimum absolute atomic E-state index is 0.286. The first-order valence-corrected chi connectivity index (χ1v) is 7.02. The molecule has 0 fully saturated rings. The van der Waals surface area contributed by atoms with Gasteiger partial charge in [0.15, 0.2) is 0 Å². The van der Waals surface area contributed by atoms with E-state index in [0.717, 1.165) is 5.69 Å². The number of carbonyl (C=O) groups excluding carboxylic acids is 1. The highest BCUT2D eigenvalue weighted by Gasteiger charge is 2.09. The quantitative estimate of drug-likeness (QED) is 0.752. The number of nitrogens with zero attached hydrogens (tertiary/aromatic N) is 3. The minimum atomic E-state index is -0.286. The molecule has 106 valence electrons. The topological polar surface area (TPSA) is 92.8 Å². The summed E-state index contributed by atoms with van der Waals surface area (Å²) in [5.41, 5.74) is 3.08. The Morgan fingerprint density at radius 2 is 2.33 bits per heavy atom. The summed E-state index contributed by atoms with van der Waals surface area (Å²) in [5.74, 6) is 0.618. The first kappa shape index (κ1) is 13.3. The van der Waals surface area contributed by atoms with Gasteiger partial charge in [-0.25, -0.2) is 10.1 Å². The molecule has 0 aliphatic carbocycles. The minimum Gasteiger partial charge on any atom is -0.487 e. The number of benzene rings is 1. The molecule has 8 heteroatoms. The predicted octanol–water partition coefficient (Wildman–Crippen LogP) is 2.09. The van der Waals surface area contributed by atoms with Crippen LogP contribution < -0.4 is 10.1 Å². The van der Waals surface area contributed by atoms with Gasteiger partial charge in [-0.1, -0.05) is 6.07 Å². The fraction of sp³-hybridized carbons (Fsp3) is 0.0769. The molecule has 2 heterocycles. The first-order chi connectivity index (χ1) is 10.3.